The standard InChI is InChI=1S/C14H27NO/c16-14-10-6-7-12(14)11-15-13-8-4-2-1-3-5-9-13/h12-16H,1-11H2. The molecule has 0 aliphatic heterocycles. The maximum Gasteiger partial charge on any atom is 0.0580 e. The Labute approximate surface area is 99.8 Å². The van der Waals surface area contributed by atoms with Crippen molar-refractivity contribution in [3.8, 4) is 0 Å². The van der Waals surface area contributed by atoms with Gasteiger partial charge in [-0.15, -0.1) is 0 Å². The van der Waals surface area contributed by atoms with Crippen LogP contribution in [0.3, 0.4) is 0 Å². The lowest BCUT2D eigenvalue weighted by Crippen LogP contribution is -2.36. The van der Waals surface area contributed by atoms with Crippen LogP contribution in [0.5, 0.6) is 0 Å². The monoisotopic (exact) mass is 225 g/mol. The van der Waals surface area contributed by atoms with Gasteiger partial charge in [-0.2, -0.15) is 0 Å². The third kappa shape index (κ3) is 3.74. The fourth-order valence-corrected chi connectivity index (χ4v) is 3.23. The first-order chi connectivity index (χ1) is 7.86. The van der Waals surface area contributed by atoms with Crippen LogP contribution in [0.2, 0.25) is 0 Å². The lowest BCUT2D eigenvalue weighted by molar-refractivity contribution is 0.129. The van der Waals surface area contributed by atoms with Gasteiger partial charge >= 0.3 is 0 Å². The first-order valence-electron chi connectivity index (χ1n) is 7.28. The smallest absolute Gasteiger partial charge is 0.0580 e. The molecule has 2 fully saturated rings. The predicted molar refractivity (Wildman–Crippen MR) is 67.5 cm³/mol. The first kappa shape index (κ1) is 12.4. The van der Waals surface area contributed by atoms with Gasteiger partial charge in [-0.1, -0.05) is 38.5 Å². The number of hydrogen-bond donors (Lipinski definition) is 2. The summed E-state index contributed by atoms with van der Waals surface area (Å²) >= 11 is 0. The Balaban J connectivity index is 1.67. The molecule has 2 heteroatoms. The summed E-state index contributed by atoms with van der Waals surface area (Å²) in [6.45, 7) is 1.05. The minimum atomic E-state index is -0.0268. The average molecular weight is 225 g/mol. The zero-order chi connectivity index (χ0) is 11.2. The minimum absolute atomic E-state index is 0.0268. The summed E-state index contributed by atoms with van der Waals surface area (Å²) in [5.74, 6) is 0.533. The van der Waals surface area contributed by atoms with Crippen molar-refractivity contribution >= 4 is 0 Å². The molecule has 2 unspecified atom stereocenters. The van der Waals surface area contributed by atoms with E-state index in [4.69, 9.17) is 0 Å². The van der Waals surface area contributed by atoms with Crippen molar-refractivity contribution in [1.82, 2.24) is 5.32 Å². The largest absolute Gasteiger partial charge is 0.393 e. The molecule has 0 radical (unpaired) electrons. The van der Waals surface area contributed by atoms with E-state index in [9.17, 15) is 5.11 Å². The van der Waals surface area contributed by atoms with Crippen molar-refractivity contribution in [2.45, 2.75) is 76.4 Å². The van der Waals surface area contributed by atoms with Crippen LogP contribution in [0.25, 0.3) is 0 Å². The SMILES string of the molecule is OC1CCCC1CNC1CCCCCCC1. The quantitative estimate of drug-likeness (QED) is 0.774. The van der Waals surface area contributed by atoms with Crippen LogP contribution >= 0.6 is 0 Å². The van der Waals surface area contributed by atoms with Gasteiger partial charge in [-0.05, 0) is 31.6 Å². The van der Waals surface area contributed by atoms with Gasteiger partial charge in [0.1, 0.15) is 0 Å². The van der Waals surface area contributed by atoms with Crippen LogP contribution < -0.4 is 5.32 Å². The molecule has 0 aromatic rings. The van der Waals surface area contributed by atoms with E-state index in [2.05, 4.69) is 5.32 Å². The summed E-state index contributed by atoms with van der Waals surface area (Å²) in [5, 5.41) is 13.5. The lowest BCUT2D eigenvalue weighted by atomic mass is 9.96. The Bertz CT molecular complexity index is 187. The molecule has 94 valence electrons. The van der Waals surface area contributed by atoms with E-state index in [1.54, 1.807) is 0 Å². The summed E-state index contributed by atoms with van der Waals surface area (Å²) in [7, 11) is 0. The highest BCUT2D eigenvalue weighted by molar-refractivity contribution is 4.80. The number of aliphatic hydroxyl groups is 1. The topological polar surface area (TPSA) is 32.3 Å². The maximum absolute atomic E-state index is 9.78. The fraction of sp³-hybridized carbons (Fsp3) is 1.00. The van der Waals surface area contributed by atoms with Crippen LogP contribution in [0.1, 0.15) is 64.2 Å². The van der Waals surface area contributed by atoms with E-state index < -0.39 is 0 Å². The molecule has 0 aromatic carbocycles. The summed E-state index contributed by atoms with van der Waals surface area (Å²) in [6.07, 6.45) is 13.2. The first-order valence-corrected chi connectivity index (χ1v) is 7.28. The molecule has 2 N–H and O–H groups in total. The molecule has 0 heterocycles. The maximum atomic E-state index is 9.78. The molecule has 0 aromatic heterocycles. The van der Waals surface area contributed by atoms with Crippen LogP contribution in [-0.2, 0) is 0 Å². The molecule has 2 aliphatic carbocycles. The molecule has 0 amide bonds. The van der Waals surface area contributed by atoms with Gasteiger partial charge in [0, 0.05) is 12.6 Å². The van der Waals surface area contributed by atoms with E-state index >= 15 is 0 Å². The van der Waals surface area contributed by atoms with E-state index in [0.717, 1.165) is 19.0 Å². The molecule has 0 bridgehead atoms. The minimum Gasteiger partial charge on any atom is -0.393 e. The summed E-state index contributed by atoms with van der Waals surface area (Å²) in [5.41, 5.74) is 0. The van der Waals surface area contributed by atoms with E-state index in [1.165, 1.54) is 57.8 Å². The molecule has 2 aliphatic rings. The van der Waals surface area contributed by atoms with Crippen molar-refractivity contribution in [3.63, 3.8) is 0 Å². The number of hydrogen-bond acceptors (Lipinski definition) is 2. The predicted octanol–water partition coefficient (Wildman–Crippen LogP) is 2.85. The lowest BCUT2D eigenvalue weighted by Gasteiger charge is -2.24. The molecule has 2 atom stereocenters. The van der Waals surface area contributed by atoms with Crippen molar-refractivity contribution in [2.75, 3.05) is 6.54 Å². The fourth-order valence-electron chi connectivity index (χ4n) is 3.23. The van der Waals surface area contributed by atoms with Crippen LogP contribution in [0.15, 0.2) is 0 Å². The van der Waals surface area contributed by atoms with Crippen LogP contribution in [0, 0.1) is 5.92 Å². The third-order valence-electron chi connectivity index (χ3n) is 4.39. The van der Waals surface area contributed by atoms with Crippen LogP contribution in [-0.4, -0.2) is 23.8 Å². The second kappa shape index (κ2) is 6.61. The second-order valence-electron chi connectivity index (χ2n) is 5.71. The molecule has 2 rings (SSSR count). The normalized spacial score (nSPS) is 33.6. The van der Waals surface area contributed by atoms with E-state index in [1.807, 2.05) is 0 Å². The average Bonchev–Trinajstić information content (AvgIpc) is 2.63. The summed E-state index contributed by atoms with van der Waals surface area (Å²) < 4.78 is 0. The number of aliphatic hydroxyl groups excluding tert-OH is 1. The van der Waals surface area contributed by atoms with Gasteiger partial charge in [0.15, 0.2) is 0 Å². The van der Waals surface area contributed by atoms with Crippen molar-refractivity contribution in [1.29, 1.82) is 0 Å². The Morgan fingerprint density at radius 2 is 1.50 bits per heavy atom. The van der Waals surface area contributed by atoms with Gasteiger partial charge in [-0.25, -0.2) is 0 Å². The number of nitrogens with one attached hydrogen (secondary N) is 1. The van der Waals surface area contributed by atoms with E-state index in [-0.39, 0.29) is 6.10 Å². The third-order valence-corrected chi connectivity index (χ3v) is 4.39. The molecule has 2 saturated carbocycles. The summed E-state index contributed by atoms with van der Waals surface area (Å²) in [4.78, 5) is 0. The summed E-state index contributed by atoms with van der Waals surface area (Å²) in [6, 6.07) is 0.730. The molecule has 16 heavy (non-hydrogen) atoms. The Morgan fingerprint density at radius 3 is 2.12 bits per heavy atom. The highest BCUT2D eigenvalue weighted by Gasteiger charge is 2.25. The van der Waals surface area contributed by atoms with Gasteiger partial charge < -0.3 is 10.4 Å². The van der Waals surface area contributed by atoms with E-state index in [0.29, 0.717) is 5.92 Å². The van der Waals surface area contributed by atoms with Crippen LogP contribution in [0.4, 0.5) is 0 Å². The zero-order valence-corrected chi connectivity index (χ0v) is 10.5. The molecule has 0 saturated heterocycles. The van der Waals surface area contributed by atoms with Gasteiger partial charge in [-0.3, -0.25) is 0 Å². The Hall–Kier alpha value is -0.0800. The Morgan fingerprint density at radius 1 is 0.812 bits per heavy atom. The second-order valence-corrected chi connectivity index (χ2v) is 5.71. The van der Waals surface area contributed by atoms with Crippen molar-refractivity contribution in [3.05, 3.63) is 0 Å². The van der Waals surface area contributed by atoms with Gasteiger partial charge in [0.2, 0.25) is 0 Å². The van der Waals surface area contributed by atoms with Gasteiger partial charge in [0.25, 0.3) is 0 Å². The highest BCUT2D eigenvalue weighted by atomic mass is 16.3. The zero-order valence-electron chi connectivity index (χ0n) is 10.5. The number of rotatable bonds is 3. The van der Waals surface area contributed by atoms with Crippen molar-refractivity contribution < 1.29 is 5.11 Å². The molecular weight excluding hydrogens is 198 g/mol. The Kier molecular flexibility index (Phi) is 5.11. The van der Waals surface area contributed by atoms with Crippen molar-refractivity contribution in [2.24, 2.45) is 5.92 Å². The highest BCUT2D eigenvalue weighted by Crippen LogP contribution is 2.25. The van der Waals surface area contributed by atoms with Gasteiger partial charge in [0.05, 0.1) is 6.10 Å². The molecule has 2 nitrogen and oxygen atoms in total. The molecular formula is C14H27NO. The molecule has 0 spiro atoms.